The Kier molecular flexibility index (Phi) is 3.25. The molecule has 0 amide bonds. The normalized spacial score (nSPS) is 10.9. The van der Waals surface area contributed by atoms with Crippen molar-refractivity contribution < 1.29 is 0 Å². The van der Waals surface area contributed by atoms with Gasteiger partial charge in [-0.05, 0) is 6.92 Å². The molecule has 0 aliphatic heterocycles. The van der Waals surface area contributed by atoms with E-state index in [1.54, 1.807) is 19.0 Å². The third-order valence-corrected chi connectivity index (χ3v) is 3.31. The summed E-state index contributed by atoms with van der Waals surface area (Å²) < 4.78 is 0. The van der Waals surface area contributed by atoms with Crippen molar-refractivity contribution in [1.29, 1.82) is 0 Å². The minimum atomic E-state index is -0.422. The highest BCUT2D eigenvalue weighted by Gasteiger charge is 2.12. The minimum Gasteiger partial charge on any atom is -0.348 e. The van der Waals surface area contributed by atoms with Gasteiger partial charge in [-0.2, -0.15) is 4.98 Å². The van der Waals surface area contributed by atoms with Crippen molar-refractivity contribution in [3.63, 3.8) is 0 Å². The standard InChI is InChI=1S/C15H15N5O2/c1-8-4-6-9(7-5-8)10-13(21)17-11-12(16-10)18-15(20(2)3)19-14(11)22/h4-7H,1-3H3,(H,17,21)(H,16,18,19,22). The van der Waals surface area contributed by atoms with Crippen molar-refractivity contribution in [2.45, 2.75) is 6.92 Å². The number of hydrogen-bond donors (Lipinski definition) is 2. The first-order valence-corrected chi connectivity index (χ1v) is 6.74. The third-order valence-electron chi connectivity index (χ3n) is 3.31. The van der Waals surface area contributed by atoms with Crippen LogP contribution in [0.15, 0.2) is 33.9 Å². The van der Waals surface area contributed by atoms with E-state index in [1.165, 1.54) is 0 Å². The van der Waals surface area contributed by atoms with Crippen molar-refractivity contribution in [1.82, 2.24) is 19.9 Å². The Balaban J connectivity index is 2.29. The maximum atomic E-state index is 12.2. The second-order valence-corrected chi connectivity index (χ2v) is 5.26. The third kappa shape index (κ3) is 2.37. The van der Waals surface area contributed by atoms with Crippen LogP contribution >= 0.6 is 0 Å². The Morgan fingerprint density at radius 1 is 0.955 bits per heavy atom. The van der Waals surface area contributed by atoms with E-state index in [4.69, 9.17) is 0 Å². The van der Waals surface area contributed by atoms with E-state index in [0.29, 0.717) is 11.5 Å². The Hall–Kier alpha value is -2.96. The molecule has 0 saturated heterocycles. The van der Waals surface area contributed by atoms with E-state index in [-0.39, 0.29) is 16.9 Å². The number of aryl methyl sites for hydroxylation is 1. The van der Waals surface area contributed by atoms with E-state index in [0.717, 1.165) is 5.56 Å². The smallest absolute Gasteiger partial charge is 0.278 e. The fraction of sp³-hybridized carbons (Fsp3) is 0.200. The number of fused-ring (bicyclic) bond motifs is 1. The molecule has 7 nitrogen and oxygen atoms in total. The Morgan fingerprint density at radius 3 is 2.27 bits per heavy atom. The highest BCUT2D eigenvalue weighted by Crippen LogP contribution is 2.15. The molecule has 0 radical (unpaired) electrons. The second kappa shape index (κ2) is 5.10. The topological polar surface area (TPSA) is 94.7 Å². The number of H-pyrrole nitrogens is 2. The summed E-state index contributed by atoms with van der Waals surface area (Å²) in [6.07, 6.45) is 0. The molecule has 0 unspecified atom stereocenters. The van der Waals surface area contributed by atoms with E-state index in [2.05, 4.69) is 19.9 Å². The summed E-state index contributed by atoms with van der Waals surface area (Å²) in [7, 11) is 3.52. The molecule has 0 spiro atoms. The molecule has 2 aromatic heterocycles. The predicted octanol–water partition coefficient (Wildman–Crippen LogP) is 1.05. The molecular formula is C15H15N5O2. The summed E-state index contributed by atoms with van der Waals surface area (Å²) in [6, 6.07) is 7.44. The van der Waals surface area contributed by atoms with Crippen LogP contribution in [0, 0.1) is 6.92 Å². The van der Waals surface area contributed by atoms with Crippen LogP contribution < -0.4 is 16.0 Å². The molecule has 0 atom stereocenters. The summed E-state index contributed by atoms with van der Waals surface area (Å²) in [4.78, 5) is 39.6. The molecule has 2 heterocycles. The average Bonchev–Trinajstić information content (AvgIpc) is 2.48. The van der Waals surface area contributed by atoms with Crippen molar-refractivity contribution in [2.75, 3.05) is 19.0 Å². The average molecular weight is 297 g/mol. The minimum absolute atomic E-state index is 0.0754. The maximum absolute atomic E-state index is 12.2. The summed E-state index contributed by atoms with van der Waals surface area (Å²) >= 11 is 0. The van der Waals surface area contributed by atoms with Crippen LogP contribution in [0.25, 0.3) is 22.4 Å². The van der Waals surface area contributed by atoms with E-state index >= 15 is 0 Å². The first kappa shape index (κ1) is 14.0. The molecular weight excluding hydrogens is 282 g/mol. The number of aromatic nitrogens is 4. The van der Waals surface area contributed by atoms with Gasteiger partial charge < -0.3 is 9.88 Å². The molecule has 0 saturated carbocycles. The van der Waals surface area contributed by atoms with Crippen LogP contribution in [0.1, 0.15) is 5.56 Å². The lowest BCUT2D eigenvalue weighted by Crippen LogP contribution is -2.23. The molecule has 22 heavy (non-hydrogen) atoms. The van der Waals surface area contributed by atoms with Gasteiger partial charge in [0.15, 0.2) is 11.2 Å². The van der Waals surface area contributed by atoms with Crippen LogP contribution in [-0.4, -0.2) is 34.0 Å². The van der Waals surface area contributed by atoms with Crippen LogP contribution in [0.5, 0.6) is 0 Å². The number of aromatic amines is 2. The van der Waals surface area contributed by atoms with Crippen LogP contribution in [0.4, 0.5) is 5.95 Å². The molecule has 7 heteroatoms. The van der Waals surface area contributed by atoms with Crippen LogP contribution in [0.2, 0.25) is 0 Å². The highest BCUT2D eigenvalue weighted by atomic mass is 16.1. The molecule has 0 fully saturated rings. The quantitative estimate of drug-likeness (QED) is 0.737. The molecule has 0 bridgehead atoms. The van der Waals surface area contributed by atoms with Crippen LogP contribution in [0.3, 0.4) is 0 Å². The second-order valence-electron chi connectivity index (χ2n) is 5.26. The SMILES string of the molecule is Cc1ccc(-c2nc3nc(N(C)C)[nH]c(=O)c3[nH]c2=O)cc1. The summed E-state index contributed by atoms with van der Waals surface area (Å²) in [5, 5.41) is 0. The lowest BCUT2D eigenvalue weighted by molar-refractivity contribution is 0.985. The lowest BCUT2D eigenvalue weighted by atomic mass is 10.1. The van der Waals surface area contributed by atoms with Gasteiger partial charge in [0.2, 0.25) is 5.95 Å². The van der Waals surface area contributed by atoms with Gasteiger partial charge in [-0.1, -0.05) is 29.8 Å². The Morgan fingerprint density at radius 2 is 1.64 bits per heavy atom. The number of benzene rings is 1. The van der Waals surface area contributed by atoms with Gasteiger partial charge in [-0.25, -0.2) is 4.98 Å². The van der Waals surface area contributed by atoms with Gasteiger partial charge in [0.25, 0.3) is 11.1 Å². The fourth-order valence-corrected chi connectivity index (χ4v) is 2.09. The number of anilines is 1. The fourth-order valence-electron chi connectivity index (χ4n) is 2.09. The van der Waals surface area contributed by atoms with Gasteiger partial charge >= 0.3 is 0 Å². The highest BCUT2D eigenvalue weighted by molar-refractivity contribution is 5.73. The van der Waals surface area contributed by atoms with Crippen molar-refractivity contribution in [3.05, 3.63) is 50.5 Å². The van der Waals surface area contributed by atoms with Gasteiger partial charge in [0.05, 0.1) is 0 Å². The van der Waals surface area contributed by atoms with Gasteiger partial charge in [-0.3, -0.25) is 14.6 Å². The number of rotatable bonds is 2. The first-order chi connectivity index (χ1) is 10.5. The first-order valence-electron chi connectivity index (χ1n) is 6.74. The Bertz CT molecular complexity index is 954. The van der Waals surface area contributed by atoms with Crippen LogP contribution in [-0.2, 0) is 0 Å². The molecule has 2 N–H and O–H groups in total. The molecule has 1 aromatic carbocycles. The summed E-state index contributed by atoms with van der Waals surface area (Å²) in [6.45, 7) is 1.96. The van der Waals surface area contributed by atoms with E-state index < -0.39 is 11.1 Å². The number of nitrogens with zero attached hydrogens (tertiary/aromatic N) is 3. The number of nitrogens with one attached hydrogen (secondary N) is 2. The molecule has 0 aliphatic rings. The summed E-state index contributed by atoms with van der Waals surface area (Å²) in [5.74, 6) is 0.381. The Labute approximate surface area is 125 Å². The van der Waals surface area contributed by atoms with Crippen molar-refractivity contribution >= 4 is 17.1 Å². The van der Waals surface area contributed by atoms with Gasteiger partial charge in [0.1, 0.15) is 5.69 Å². The summed E-state index contributed by atoms with van der Waals surface area (Å²) in [5.41, 5.74) is 1.46. The molecule has 3 rings (SSSR count). The monoisotopic (exact) mass is 297 g/mol. The van der Waals surface area contributed by atoms with Crippen molar-refractivity contribution in [2.24, 2.45) is 0 Å². The van der Waals surface area contributed by atoms with Gasteiger partial charge in [-0.15, -0.1) is 0 Å². The largest absolute Gasteiger partial charge is 0.348 e. The zero-order valence-electron chi connectivity index (χ0n) is 12.5. The molecule has 3 aromatic rings. The van der Waals surface area contributed by atoms with Gasteiger partial charge in [0, 0.05) is 19.7 Å². The lowest BCUT2D eigenvalue weighted by Gasteiger charge is -2.10. The zero-order valence-corrected chi connectivity index (χ0v) is 12.5. The predicted molar refractivity (Wildman–Crippen MR) is 85.3 cm³/mol. The van der Waals surface area contributed by atoms with E-state index in [9.17, 15) is 9.59 Å². The molecule has 112 valence electrons. The maximum Gasteiger partial charge on any atom is 0.278 e. The number of hydrogen-bond acceptors (Lipinski definition) is 5. The van der Waals surface area contributed by atoms with Crippen molar-refractivity contribution in [3.8, 4) is 11.3 Å². The molecule has 0 aliphatic carbocycles. The van der Waals surface area contributed by atoms with E-state index in [1.807, 2.05) is 31.2 Å². The zero-order chi connectivity index (χ0) is 15.9.